The second kappa shape index (κ2) is 12.2. The van der Waals surface area contributed by atoms with Crippen LogP contribution in [0.25, 0.3) is 28.2 Å². The number of carbonyl (C=O) groups is 1. The highest BCUT2D eigenvalue weighted by Gasteiger charge is 2.34. The molecule has 4 aromatic carbocycles. The predicted octanol–water partition coefficient (Wildman–Crippen LogP) is 5.73. The van der Waals surface area contributed by atoms with Crippen molar-refractivity contribution in [1.82, 2.24) is 24.5 Å². The summed E-state index contributed by atoms with van der Waals surface area (Å²) in [5.74, 6) is 1.55. The number of hydrogen-bond acceptors (Lipinski definition) is 7. The molecule has 2 aromatic heterocycles. The van der Waals surface area contributed by atoms with Crippen LogP contribution in [0.5, 0.6) is 11.5 Å². The van der Waals surface area contributed by atoms with Gasteiger partial charge in [0.25, 0.3) is 11.5 Å². The highest BCUT2D eigenvalue weighted by atomic mass is 127. The summed E-state index contributed by atoms with van der Waals surface area (Å²) >= 11 is 2.24. The summed E-state index contributed by atoms with van der Waals surface area (Å²) in [5, 5.41) is 9.13. The lowest BCUT2D eigenvalue weighted by Crippen LogP contribution is -2.27. The number of halogens is 1. The molecule has 0 atom stereocenters. The molecule has 0 spiro atoms. The van der Waals surface area contributed by atoms with E-state index in [0.29, 0.717) is 33.7 Å². The molecule has 0 N–H and O–H groups in total. The van der Waals surface area contributed by atoms with Crippen LogP contribution in [-0.2, 0) is 17.9 Å². The van der Waals surface area contributed by atoms with Gasteiger partial charge in [-0.1, -0.05) is 35.5 Å². The average molecular weight is 723 g/mol. The Morgan fingerprint density at radius 1 is 0.870 bits per heavy atom. The van der Waals surface area contributed by atoms with Crippen LogP contribution >= 0.6 is 22.6 Å². The molecule has 0 unspecified atom stereocenters. The van der Waals surface area contributed by atoms with Crippen LogP contribution in [0.3, 0.4) is 0 Å². The smallest absolute Gasteiger partial charge is 0.261 e. The monoisotopic (exact) mass is 722 g/mol. The Labute approximate surface area is 277 Å². The lowest BCUT2D eigenvalue weighted by molar-refractivity contribution is -0.113. The Morgan fingerprint density at radius 2 is 1.65 bits per heavy atom. The summed E-state index contributed by atoms with van der Waals surface area (Å²) in [6, 6.07) is 28.1. The summed E-state index contributed by atoms with van der Waals surface area (Å²) < 4.78 is 15.1. The zero-order chi connectivity index (χ0) is 31.8. The first-order valence-corrected chi connectivity index (χ1v) is 15.5. The number of hydrogen-bond donors (Lipinski definition) is 0. The SMILES string of the molecule is COc1ccc(-n2cc(CN3C(=O)/C(=C/c4nc5ccccc5c(=O)n4Cc4ccccc4OC)c4cc(I)ccc43)nn2)cc1. The average Bonchev–Trinajstić information content (AvgIpc) is 3.65. The molecule has 1 aliphatic heterocycles. The van der Waals surface area contributed by atoms with E-state index in [4.69, 9.17) is 14.5 Å². The fourth-order valence-corrected chi connectivity index (χ4v) is 6.09. The zero-order valence-electron chi connectivity index (χ0n) is 24.9. The number of anilines is 1. The molecule has 0 bridgehead atoms. The Morgan fingerprint density at radius 3 is 2.46 bits per heavy atom. The van der Waals surface area contributed by atoms with Crippen molar-refractivity contribution in [2.45, 2.75) is 13.1 Å². The fraction of sp³-hybridized carbons (Fsp3) is 0.114. The zero-order valence-corrected chi connectivity index (χ0v) is 27.1. The van der Waals surface area contributed by atoms with E-state index in [0.717, 1.165) is 31.8 Å². The molecular formula is C35H27IN6O4. The summed E-state index contributed by atoms with van der Waals surface area (Å²) in [6.45, 7) is 0.421. The van der Waals surface area contributed by atoms with Crippen LogP contribution in [0.2, 0.25) is 0 Å². The number of rotatable bonds is 8. The molecule has 11 heteroatoms. The third-order valence-corrected chi connectivity index (χ3v) is 8.57. The van der Waals surface area contributed by atoms with Crippen LogP contribution in [-0.4, -0.2) is 44.7 Å². The maximum atomic E-state index is 14.2. The lowest BCUT2D eigenvalue weighted by atomic mass is 10.1. The van der Waals surface area contributed by atoms with Crippen LogP contribution in [0.15, 0.2) is 102 Å². The normalized spacial score (nSPS) is 13.4. The van der Waals surface area contributed by atoms with Crippen molar-refractivity contribution in [3.63, 3.8) is 0 Å². The van der Waals surface area contributed by atoms with Crippen molar-refractivity contribution >= 4 is 56.7 Å². The molecule has 1 amide bonds. The molecule has 0 saturated heterocycles. The number of carbonyl (C=O) groups excluding carboxylic acids is 1. The van der Waals surface area contributed by atoms with Gasteiger partial charge in [-0.2, -0.15) is 0 Å². The number of benzene rings is 4. The van der Waals surface area contributed by atoms with E-state index in [-0.39, 0.29) is 24.6 Å². The fourth-order valence-electron chi connectivity index (χ4n) is 5.60. The molecule has 1 aliphatic rings. The van der Waals surface area contributed by atoms with E-state index in [1.54, 1.807) is 52.8 Å². The first-order valence-electron chi connectivity index (χ1n) is 14.4. The standard InChI is InChI=1S/C35H27IN6O4/c1-45-26-14-12-25(13-15-26)42-21-24(38-39-42)20-40-31-16-11-23(36)17-28(31)29(35(40)44)18-33-37-30-9-5-4-8-27(30)34(43)41(33)19-22-7-3-6-10-32(22)46-2/h3-18,21H,19-20H2,1-2H3/b29-18+. The number of amides is 1. The van der Waals surface area contributed by atoms with Gasteiger partial charge in [0, 0.05) is 14.7 Å². The summed E-state index contributed by atoms with van der Waals surface area (Å²) in [7, 11) is 3.22. The molecule has 0 aliphatic carbocycles. The van der Waals surface area contributed by atoms with Gasteiger partial charge < -0.3 is 14.4 Å². The van der Waals surface area contributed by atoms with E-state index >= 15 is 0 Å². The van der Waals surface area contributed by atoms with Gasteiger partial charge in [0.05, 0.1) is 61.4 Å². The second-order valence-electron chi connectivity index (χ2n) is 10.7. The summed E-state index contributed by atoms with van der Waals surface area (Å²) in [6.07, 6.45) is 3.52. The molecule has 46 heavy (non-hydrogen) atoms. The minimum atomic E-state index is -0.220. The minimum Gasteiger partial charge on any atom is -0.497 e. The van der Waals surface area contributed by atoms with E-state index < -0.39 is 0 Å². The van der Waals surface area contributed by atoms with Gasteiger partial charge in [-0.15, -0.1) is 5.10 Å². The highest BCUT2D eigenvalue weighted by molar-refractivity contribution is 14.1. The predicted molar refractivity (Wildman–Crippen MR) is 184 cm³/mol. The maximum absolute atomic E-state index is 14.2. The van der Waals surface area contributed by atoms with Crippen LogP contribution in [0.1, 0.15) is 22.6 Å². The van der Waals surface area contributed by atoms with Gasteiger partial charge >= 0.3 is 0 Å². The molecule has 0 saturated carbocycles. The molecule has 228 valence electrons. The first-order chi connectivity index (χ1) is 22.4. The molecule has 7 rings (SSSR count). The number of para-hydroxylation sites is 2. The number of ether oxygens (including phenoxy) is 2. The van der Waals surface area contributed by atoms with Gasteiger partial charge in [-0.3, -0.25) is 14.2 Å². The van der Waals surface area contributed by atoms with Gasteiger partial charge in [-0.25, -0.2) is 9.67 Å². The van der Waals surface area contributed by atoms with Gasteiger partial charge in [0.1, 0.15) is 23.0 Å². The summed E-state index contributed by atoms with van der Waals surface area (Å²) in [5.41, 5.74) is 4.54. The molecule has 3 heterocycles. The van der Waals surface area contributed by atoms with E-state index in [2.05, 4.69) is 32.9 Å². The molecule has 10 nitrogen and oxygen atoms in total. The van der Waals surface area contributed by atoms with Crippen molar-refractivity contribution in [2.24, 2.45) is 0 Å². The Hall–Kier alpha value is -5.30. The highest BCUT2D eigenvalue weighted by Crippen LogP contribution is 2.39. The van der Waals surface area contributed by atoms with Crippen molar-refractivity contribution in [1.29, 1.82) is 0 Å². The number of fused-ring (bicyclic) bond motifs is 2. The topological polar surface area (TPSA) is 104 Å². The Balaban J connectivity index is 1.30. The van der Waals surface area contributed by atoms with Gasteiger partial charge in [-0.05, 0) is 89.3 Å². The number of nitrogens with zero attached hydrogens (tertiary/aromatic N) is 6. The van der Waals surface area contributed by atoms with Crippen LogP contribution in [0.4, 0.5) is 5.69 Å². The van der Waals surface area contributed by atoms with Crippen LogP contribution in [0, 0.1) is 3.57 Å². The van der Waals surface area contributed by atoms with E-state index in [1.165, 1.54) is 0 Å². The third-order valence-electron chi connectivity index (χ3n) is 7.90. The van der Waals surface area contributed by atoms with Crippen LogP contribution < -0.4 is 19.9 Å². The molecule has 0 radical (unpaired) electrons. The van der Waals surface area contributed by atoms with E-state index in [9.17, 15) is 9.59 Å². The molecular weight excluding hydrogens is 695 g/mol. The molecule has 6 aromatic rings. The van der Waals surface area contributed by atoms with Gasteiger partial charge in [0.2, 0.25) is 0 Å². The third kappa shape index (κ3) is 5.42. The molecule has 0 fully saturated rings. The lowest BCUT2D eigenvalue weighted by Gasteiger charge is -2.15. The van der Waals surface area contributed by atoms with Crippen molar-refractivity contribution in [2.75, 3.05) is 19.1 Å². The number of aromatic nitrogens is 5. The second-order valence-corrected chi connectivity index (χ2v) is 11.9. The van der Waals surface area contributed by atoms with Crippen molar-refractivity contribution < 1.29 is 14.3 Å². The Kier molecular flexibility index (Phi) is 7.83. The Bertz CT molecular complexity index is 2210. The minimum absolute atomic E-state index is 0.205. The number of methoxy groups -OCH3 is 2. The van der Waals surface area contributed by atoms with Gasteiger partial charge in [0.15, 0.2) is 0 Å². The summed E-state index contributed by atoms with van der Waals surface area (Å²) in [4.78, 5) is 34.7. The largest absolute Gasteiger partial charge is 0.497 e. The van der Waals surface area contributed by atoms with Crippen molar-refractivity contribution in [3.8, 4) is 17.2 Å². The van der Waals surface area contributed by atoms with Crippen molar-refractivity contribution in [3.05, 3.63) is 134 Å². The van der Waals surface area contributed by atoms with E-state index in [1.807, 2.05) is 78.9 Å². The quantitative estimate of drug-likeness (QED) is 0.146. The maximum Gasteiger partial charge on any atom is 0.261 e. The first kappa shape index (κ1) is 29.4.